The van der Waals surface area contributed by atoms with Crippen LogP contribution in [0.1, 0.15) is 31.4 Å². The number of nitrogens with two attached hydrogens (primary N) is 1. The van der Waals surface area contributed by atoms with Gasteiger partial charge in [0.1, 0.15) is 5.82 Å². The fourth-order valence-electron chi connectivity index (χ4n) is 3.23. The zero-order chi connectivity index (χ0) is 19.2. The molecule has 1 aromatic carbocycles. The molecule has 0 amide bonds. The Labute approximate surface area is 169 Å². The molecule has 1 aliphatic rings. The van der Waals surface area contributed by atoms with Crippen LogP contribution >= 0.6 is 23.2 Å². The Hall–Kier alpha value is -1.66. The van der Waals surface area contributed by atoms with Gasteiger partial charge in [0.25, 0.3) is 0 Å². The molecule has 7 heteroatoms. The highest BCUT2D eigenvalue weighted by molar-refractivity contribution is 6.43. The first-order valence-corrected chi connectivity index (χ1v) is 9.93. The molecule has 1 aliphatic heterocycles. The van der Waals surface area contributed by atoms with Crippen LogP contribution in [0.2, 0.25) is 10.0 Å². The van der Waals surface area contributed by atoms with E-state index in [0.717, 1.165) is 51.1 Å². The van der Waals surface area contributed by atoms with E-state index in [0.29, 0.717) is 27.0 Å². The van der Waals surface area contributed by atoms with Gasteiger partial charge in [-0.1, -0.05) is 47.0 Å². The zero-order valence-electron chi connectivity index (χ0n) is 15.2. The van der Waals surface area contributed by atoms with Crippen molar-refractivity contribution in [1.82, 2.24) is 9.97 Å². The number of aliphatic hydroxyl groups is 1. The van der Waals surface area contributed by atoms with Gasteiger partial charge in [-0.3, -0.25) is 4.98 Å². The lowest BCUT2D eigenvalue weighted by Crippen LogP contribution is -2.29. The Morgan fingerprint density at radius 1 is 1.22 bits per heavy atom. The van der Waals surface area contributed by atoms with Gasteiger partial charge in [0.05, 0.1) is 34.2 Å². The summed E-state index contributed by atoms with van der Waals surface area (Å²) in [6, 6.07) is 5.36. The first-order chi connectivity index (χ1) is 13.1. The first kappa shape index (κ1) is 20.1. The van der Waals surface area contributed by atoms with Crippen LogP contribution < -0.4 is 10.6 Å². The maximum absolute atomic E-state index is 9.81. The lowest BCUT2D eigenvalue weighted by Gasteiger charge is -2.28. The van der Waals surface area contributed by atoms with Gasteiger partial charge in [0, 0.05) is 18.7 Å². The minimum atomic E-state index is -0.215. The Morgan fingerprint density at radius 2 is 2.07 bits per heavy atom. The topological polar surface area (TPSA) is 75.3 Å². The Kier molecular flexibility index (Phi) is 7.07. The fraction of sp³-hybridized carbons (Fsp3) is 0.400. The van der Waals surface area contributed by atoms with Gasteiger partial charge in [-0.05, 0) is 38.3 Å². The molecule has 0 bridgehead atoms. The summed E-state index contributed by atoms with van der Waals surface area (Å²) in [7, 11) is 0. The Balaban J connectivity index is 1.78. The van der Waals surface area contributed by atoms with E-state index in [1.807, 2.05) is 12.1 Å². The van der Waals surface area contributed by atoms with Crippen LogP contribution in [0.4, 0.5) is 5.82 Å². The van der Waals surface area contributed by atoms with Gasteiger partial charge in [0.15, 0.2) is 0 Å². The van der Waals surface area contributed by atoms with Crippen molar-refractivity contribution in [2.24, 2.45) is 5.73 Å². The number of unbranched alkanes of at least 4 members (excludes halogenated alkanes) is 1. The molecule has 0 atom stereocenters. The number of rotatable bonds is 7. The molecular weight excluding hydrogens is 383 g/mol. The predicted octanol–water partition coefficient (Wildman–Crippen LogP) is 4.21. The van der Waals surface area contributed by atoms with Crippen molar-refractivity contribution < 1.29 is 5.11 Å². The van der Waals surface area contributed by atoms with Crippen LogP contribution in [0.3, 0.4) is 0 Å². The number of nitrogens with zero attached hydrogens (tertiary/aromatic N) is 3. The molecule has 0 unspecified atom stereocenters. The molecule has 0 saturated heterocycles. The molecule has 0 aliphatic carbocycles. The number of halogens is 2. The number of hydrogen-bond acceptors (Lipinski definition) is 5. The smallest absolute Gasteiger partial charge is 0.147 e. The maximum Gasteiger partial charge on any atom is 0.147 e. The molecule has 0 radical (unpaired) electrons. The second-order valence-corrected chi connectivity index (χ2v) is 7.37. The molecule has 2 aromatic rings. The molecule has 3 N–H and O–H groups in total. The van der Waals surface area contributed by atoms with E-state index in [2.05, 4.69) is 20.9 Å². The first-order valence-electron chi connectivity index (χ1n) is 9.18. The van der Waals surface area contributed by atoms with Gasteiger partial charge in [-0.2, -0.15) is 0 Å². The number of aromatic nitrogens is 2. The van der Waals surface area contributed by atoms with Crippen LogP contribution in [0.15, 0.2) is 36.0 Å². The summed E-state index contributed by atoms with van der Waals surface area (Å²) in [5.74, 6) is 0.762. The highest BCUT2D eigenvalue weighted by Crippen LogP contribution is 2.34. The van der Waals surface area contributed by atoms with Gasteiger partial charge in [-0.25, -0.2) is 4.98 Å². The van der Waals surface area contributed by atoms with Crippen molar-refractivity contribution in [1.29, 1.82) is 0 Å². The summed E-state index contributed by atoms with van der Waals surface area (Å²) in [5, 5.41) is 10.7. The summed E-state index contributed by atoms with van der Waals surface area (Å²) in [4.78, 5) is 11.3. The van der Waals surface area contributed by atoms with Crippen molar-refractivity contribution in [3.8, 4) is 11.3 Å². The molecule has 2 heterocycles. The van der Waals surface area contributed by atoms with E-state index in [4.69, 9.17) is 28.9 Å². The van der Waals surface area contributed by atoms with Crippen LogP contribution in [-0.4, -0.2) is 34.7 Å². The summed E-state index contributed by atoms with van der Waals surface area (Å²) in [6.07, 6.45) is 8.35. The second-order valence-electron chi connectivity index (χ2n) is 6.59. The Bertz CT molecular complexity index is 826. The zero-order valence-corrected chi connectivity index (χ0v) is 16.7. The minimum Gasteiger partial charge on any atom is -0.390 e. The van der Waals surface area contributed by atoms with E-state index in [-0.39, 0.29) is 6.61 Å². The van der Waals surface area contributed by atoms with Crippen molar-refractivity contribution in [3.05, 3.63) is 51.8 Å². The van der Waals surface area contributed by atoms with Gasteiger partial charge in [0.2, 0.25) is 0 Å². The quantitative estimate of drug-likeness (QED) is 0.531. The van der Waals surface area contributed by atoms with Crippen LogP contribution in [0.25, 0.3) is 11.3 Å². The third-order valence-corrected chi connectivity index (χ3v) is 5.59. The van der Waals surface area contributed by atoms with Crippen LogP contribution in [0.5, 0.6) is 0 Å². The van der Waals surface area contributed by atoms with E-state index in [1.165, 1.54) is 5.57 Å². The number of anilines is 1. The lowest BCUT2D eigenvalue weighted by molar-refractivity contribution is 0.277. The number of hydrogen-bond donors (Lipinski definition) is 2. The van der Waals surface area contributed by atoms with E-state index < -0.39 is 0 Å². The third kappa shape index (κ3) is 4.79. The SMILES string of the molecule is NCCCCC1=CCN(c2cnc(-c3cccc(Cl)c3Cl)c(CO)n2)CC1. The molecule has 0 saturated carbocycles. The largest absolute Gasteiger partial charge is 0.390 e. The molecule has 0 spiro atoms. The van der Waals surface area contributed by atoms with Crippen LogP contribution in [0, 0.1) is 0 Å². The molecule has 0 fully saturated rings. The van der Waals surface area contributed by atoms with Gasteiger partial charge < -0.3 is 15.7 Å². The van der Waals surface area contributed by atoms with Gasteiger partial charge in [-0.15, -0.1) is 0 Å². The summed E-state index contributed by atoms with van der Waals surface area (Å²) in [5.41, 5.74) is 8.77. The standard InChI is InChI=1S/C20H24Cl2N4O/c21-16-6-3-5-15(19(16)22)20-17(13-27)25-18(12-24-20)26-10-7-14(8-11-26)4-1-2-9-23/h3,5-7,12,27H,1-2,4,8-11,13,23H2. The van der Waals surface area contributed by atoms with Gasteiger partial charge >= 0.3 is 0 Å². The second kappa shape index (κ2) is 9.51. The summed E-state index contributed by atoms with van der Waals surface area (Å²) >= 11 is 12.4. The highest BCUT2D eigenvalue weighted by Gasteiger charge is 2.18. The monoisotopic (exact) mass is 406 g/mol. The molecule has 27 heavy (non-hydrogen) atoms. The summed E-state index contributed by atoms with van der Waals surface area (Å²) in [6.45, 7) is 2.23. The molecule has 144 valence electrons. The third-order valence-electron chi connectivity index (χ3n) is 4.77. The number of aliphatic hydroxyl groups excluding tert-OH is 1. The molecular formula is C20H24Cl2N4O. The molecule has 5 nitrogen and oxygen atoms in total. The average Bonchev–Trinajstić information content (AvgIpc) is 2.70. The van der Waals surface area contributed by atoms with E-state index in [1.54, 1.807) is 12.3 Å². The van der Waals surface area contributed by atoms with Crippen LogP contribution in [-0.2, 0) is 6.61 Å². The average molecular weight is 407 g/mol. The summed E-state index contributed by atoms with van der Waals surface area (Å²) < 4.78 is 0. The molecule has 3 rings (SSSR count). The fourth-order valence-corrected chi connectivity index (χ4v) is 3.62. The van der Waals surface area contributed by atoms with Crippen molar-refractivity contribution >= 4 is 29.0 Å². The van der Waals surface area contributed by atoms with Crippen molar-refractivity contribution in [2.75, 3.05) is 24.5 Å². The normalized spacial score (nSPS) is 14.4. The highest BCUT2D eigenvalue weighted by atomic mass is 35.5. The lowest BCUT2D eigenvalue weighted by atomic mass is 10.0. The maximum atomic E-state index is 9.81. The van der Waals surface area contributed by atoms with E-state index in [9.17, 15) is 5.11 Å². The number of benzene rings is 1. The minimum absolute atomic E-state index is 0.215. The van der Waals surface area contributed by atoms with Crippen molar-refractivity contribution in [2.45, 2.75) is 32.3 Å². The van der Waals surface area contributed by atoms with Crippen molar-refractivity contribution in [3.63, 3.8) is 0 Å². The predicted molar refractivity (Wildman–Crippen MR) is 111 cm³/mol. The molecule has 1 aromatic heterocycles. The Morgan fingerprint density at radius 3 is 2.78 bits per heavy atom. The van der Waals surface area contributed by atoms with E-state index >= 15 is 0 Å².